The van der Waals surface area contributed by atoms with Crippen molar-refractivity contribution >= 4 is 0 Å². The molecule has 1 aromatic carbocycles. The van der Waals surface area contributed by atoms with Gasteiger partial charge in [-0.1, -0.05) is 37.1 Å². The van der Waals surface area contributed by atoms with E-state index in [-0.39, 0.29) is 6.04 Å². The first-order valence-corrected chi connectivity index (χ1v) is 6.07. The molecule has 90 valence electrons. The van der Waals surface area contributed by atoms with E-state index < -0.39 is 0 Å². The van der Waals surface area contributed by atoms with Crippen molar-refractivity contribution in [2.24, 2.45) is 11.7 Å². The highest BCUT2D eigenvalue weighted by molar-refractivity contribution is 5.33. The zero-order chi connectivity index (χ0) is 12.1. The lowest BCUT2D eigenvalue weighted by molar-refractivity contribution is 0.402. The third kappa shape index (κ3) is 3.06. The molecular formula is C14H24N2. The van der Waals surface area contributed by atoms with E-state index in [9.17, 15) is 0 Å². The van der Waals surface area contributed by atoms with Crippen molar-refractivity contribution in [2.45, 2.75) is 33.2 Å². The van der Waals surface area contributed by atoms with Gasteiger partial charge in [0.2, 0.25) is 0 Å². The summed E-state index contributed by atoms with van der Waals surface area (Å²) in [7, 11) is 1.98. The summed E-state index contributed by atoms with van der Waals surface area (Å²) in [5.74, 6) is 0.505. The lowest BCUT2D eigenvalue weighted by Gasteiger charge is -2.24. The smallest absolute Gasteiger partial charge is 0.0338 e. The molecule has 0 heterocycles. The van der Waals surface area contributed by atoms with Gasteiger partial charge in [0.15, 0.2) is 0 Å². The monoisotopic (exact) mass is 220 g/mol. The minimum atomic E-state index is 0.136. The maximum absolute atomic E-state index is 6.37. The Labute approximate surface area is 99.2 Å². The van der Waals surface area contributed by atoms with E-state index in [2.05, 4.69) is 44.3 Å². The second kappa shape index (κ2) is 6.02. The van der Waals surface area contributed by atoms with E-state index in [0.29, 0.717) is 5.92 Å². The predicted octanol–water partition coefficient (Wildman–Crippen LogP) is 2.55. The largest absolute Gasteiger partial charge is 0.324 e. The lowest BCUT2D eigenvalue weighted by atomic mass is 9.88. The van der Waals surface area contributed by atoms with Crippen LogP contribution >= 0.6 is 0 Å². The van der Waals surface area contributed by atoms with Crippen molar-refractivity contribution < 1.29 is 0 Å². The van der Waals surface area contributed by atoms with Gasteiger partial charge >= 0.3 is 0 Å². The van der Waals surface area contributed by atoms with Gasteiger partial charge < -0.3 is 11.1 Å². The molecule has 2 unspecified atom stereocenters. The predicted molar refractivity (Wildman–Crippen MR) is 70.6 cm³/mol. The molecule has 1 aromatic rings. The highest BCUT2D eigenvalue weighted by Gasteiger charge is 2.18. The zero-order valence-electron chi connectivity index (χ0n) is 10.9. The summed E-state index contributed by atoms with van der Waals surface area (Å²) in [4.78, 5) is 0. The van der Waals surface area contributed by atoms with Crippen LogP contribution in [0.25, 0.3) is 0 Å². The van der Waals surface area contributed by atoms with Crippen LogP contribution in [-0.2, 0) is 0 Å². The number of nitrogens with two attached hydrogens (primary N) is 1. The molecule has 0 amide bonds. The highest BCUT2D eigenvalue weighted by atomic mass is 14.8. The number of hydrogen-bond acceptors (Lipinski definition) is 2. The number of aryl methyl sites for hydroxylation is 2. The molecule has 2 atom stereocenters. The van der Waals surface area contributed by atoms with Gasteiger partial charge in [0.1, 0.15) is 0 Å². The van der Waals surface area contributed by atoms with Gasteiger partial charge in [-0.3, -0.25) is 0 Å². The molecule has 3 N–H and O–H groups in total. The Hall–Kier alpha value is -0.860. The fourth-order valence-corrected chi connectivity index (χ4v) is 2.16. The van der Waals surface area contributed by atoms with Crippen molar-refractivity contribution in [1.82, 2.24) is 5.32 Å². The molecule has 0 aliphatic rings. The molecule has 16 heavy (non-hydrogen) atoms. The van der Waals surface area contributed by atoms with Gasteiger partial charge in [0.25, 0.3) is 0 Å². The van der Waals surface area contributed by atoms with Gasteiger partial charge in [0, 0.05) is 6.04 Å². The quantitative estimate of drug-likeness (QED) is 0.800. The summed E-state index contributed by atoms with van der Waals surface area (Å²) in [6, 6.07) is 6.66. The maximum Gasteiger partial charge on any atom is 0.0338 e. The first-order chi connectivity index (χ1) is 7.60. The third-order valence-electron chi connectivity index (χ3n) is 3.29. The third-order valence-corrected chi connectivity index (χ3v) is 3.29. The Morgan fingerprint density at radius 1 is 1.31 bits per heavy atom. The molecular weight excluding hydrogens is 196 g/mol. The summed E-state index contributed by atoms with van der Waals surface area (Å²) in [6.07, 6.45) is 1.11. The van der Waals surface area contributed by atoms with E-state index in [1.54, 1.807) is 0 Å². The van der Waals surface area contributed by atoms with Crippen LogP contribution in [0.3, 0.4) is 0 Å². The number of nitrogens with one attached hydrogen (secondary N) is 1. The first-order valence-electron chi connectivity index (χ1n) is 6.07. The van der Waals surface area contributed by atoms with E-state index in [1.165, 1.54) is 16.7 Å². The van der Waals surface area contributed by atoms with E-state index >= 15 is 0 Å². The standard InChI is InChI=1S/C14H24N2/c1-5-12(9-16-4)14(15)13-8-10(2)6-7-11(13)3/h6-8,12,14,16H,5,9,15H2,1-4H3. The Bertz CT molecular complexity index is 334. The van der Waals surface area contributed by atoms with Gasteiger partial charge in [-0.2, -0.15) is 0 Å². The number of hydrogen-bond donors (Lipinski definition) is 2. The Morgan fingerprint density at radius 3 is 2.56 bits per heavy atom. The van der Waals surface area contributed by atoms with Crippen LogP contribution in [0, 0.1) is 19.8 Å². The minimum absolute atomic E-state index is 0.136. The Morgan fingerprint density at radius 2 is 2.00 bits per heavy atom. The van der Waals surface area contributed by atoms with Gasteiger partial charge in [-0.05, 0) is 44.5 Å². The molecule has 0 aliphatic heterocycles. The van der Waals surface area contributed by atoms with Crippen molar-refractivity contribution in [1.29, 1.82) is 0 Å². The van der Waals surface area contributed by atoms with Crippen molar-refractivity contribution in [3.05, 3.63) is 34.9 Å². The second-order valence-electron chi connectivity index (χ2n) is 4.61. The molecule has 0 aromatic heterocycles. The van der Waals surface area contributed by atoms with E-state index in [1.807, 2.05) is 7.05 Å². The number of rotatable bonds is 5. The van der Waals surface area contributed by atoms with E-state index in [4.69, 9.17) is 5.73 Å². The summed E-state index contributed by atoms with van der Waals surface area (Å²) < 4.78 is 0. The van der Waals surface area contributed by atoms with Crippen LogP contribution in [0.1, 0.15) is 36.1 Å². The van der Waals surface area contributed by atoms with Gasteiger partial charge in [-0.15, -0.1) is 0 Å². The van der Waals surface area contributed by atoms with Crippen molar-refractivity contribution in [2.75, 3.05) is 13.6 Å². The first kappa shape index (κ1) is 13.2. The maximum atomic E-state index is 6.37. The fraction of sp³-hybridized carbons (Fsp3) is 0.571. The number of benzene rings is 1. The molecule has 0 spiro atoms. The summed E-state index contributed by atoms with van der Waals surface area (Å²) >= 11 is 0. The summed E-state index contributed by atoms with van der Waals surface area (Å²) in [5, 5.41) is 3.22. The topological polar surface area (TPSA) is 38.0 Å². The SMILES string of the molecule is CCC(CNC)C(N)c1cc(C)ccc1C. The second-order valence-corrected chi connectivity index (χ2v) is 4.61. The Balaban J connectivity index is 2.93. The average Bonchev–Trinajstić information content (AvgIpc) is 2.28. The molecule has 0 saturated heterocycles. The molecule has 0 aliphatic carbocycles. The van der Waals surface area contributed by atoms with Crippen molar-refractivity contribution in [3.63, 3.8) is 0 Å². The van der Waals surface area contributed by atoms with E-state index in [0.717, 1.165) is 13.0 Å². The van der Waals surface area contributed by atoms with Crippen LogP contribution < -0.4 is 11.1 Å². The molecule has 0 saturated carbocycles. The van der Waals surface area contributed by atoms with Crippen LogP contribution in [-0.4, -0.2) is 13.6 Å². The summed E-state index contributed by atoms with van der Waals surface area (Å²) in [6.45, 7) is 7.44. The molecule has 0 radical (unpaired) electrons. The minimum Gasteiger partial charge on any atom is -0.324 e. The van der Waals surface area contributed by atoms with Crippen LogP contribution in [0.15, 0.2) is 18.2 Å². The fourth-order valence-electron chi connectivity index (χ4n) is 2.16. The van der Waals surface area contributed by atoms with Crippen LogP contribution in [0.5, 0.6) is 0 Å². The van der Waals surface area contributed by atoms with Crippen LogP contribution in [0.2, 0.25) is 0 Å². The van der Waals surface area contributed by atoms with Gasteiger partial charge in [0.05, 0.1) is 0 Å². The van der Waals surface area contributed by atoms with Gasteiger partial charge in [-0.25, -0.2) is 0 Å². The lowest BCUT2D eigenvalue weighted by Crippen LogP contribution is -2.29. The molecule has 1 rings (SSSR count). The average molecular weight is 220 g/mol. The molecule has 0 bridgehead atoms. The summed E-state index contributed by atoms with van der Waals surface area (Å²) in [5.41, 5.74) is 10.2. The molecule has 0 fully saturated rings. The molecule has 2 heteroatoms. The van der Waals surface area contributed by atoms with Crippen molar-refractivity contribution in [3.8, 4) is 0 Å². The highest BCUT2D eigenvalue weighted by Crippen LogP contribution is 2.25. The Kier molecular flexibility index (Phi) is 4.97. The van der Waals surface area contributed by atoms with Crippen LogP contribution in [0.4, 0.5) is 0 Å². The molecule has 2 nitrogen and oxygen atoms in total. The normalized spacial score (nSPS) is 14.8. The zero-order valence-corrected chi connectivity index (χ0v) is 10.9.